The Balaban J connectivity index is 1.08. The van der Waals surface area contributed by atoms with E-state index in [2.05, 4.69) is 10.6 Å². The topological polar surface area (TPSA) is 128 Å². The molecule has 12 nitrogen and oxygen atoms in total. The summed E-state index contributed by atoms with van der Waals surface area (Å²) < 4.78 is 46.0. The number of hydrogen-bond acceptors (Lipinski definition) is 6. The van der Waals surface area contributed by atoms with E-state index in [4.69, 9.17) is 9.47 Å². The van der Waals surface area contributed by atoms with Crippen LogP contribution < -0.4 is 29.2 Å². The Bertz CT molecular complexity index is 2150. The first-order valence-electron chi connectivity index (χ1n) is 16.3. The molecule has 51 heavy (non-hydrogen) atoms. The Morgan fingerprint density at radius 1 is 0.608 bits per heavy atom. The standard InChI is InChI=1S/C38H36N6O6S/c1-5-43-23-21-41(3)37(43)35(45)39-27-9-7-11-31(25-27)49-29-13-17-33(18-14-29)51(47,48)34-19-15-30(16-20-34)50-32-12-8-10-28(26-32)40-36(46)38-42(4)22-24-44(38)6-2/h7-26H,5-6H2,1-4H3/p+2. The van der Waals surface area contributed by atoms with E-state index in [9.17, 15) is 18.0 Å². The molecule has 13 heteroatoms. The quantitative estimate of drug-likeness (QED) is 0.153. The zero-order valence-corrected chi connectivity index (χ0v) is 29.4. The summed E-state index contributed by atoms with van der Waals surface area (Å²) in [6.45, 7) is 5.25. The van der Waals surface area contributed by atoms with Crippen molar-refractivity contribution in [3.05, 3.63) is 133 Å². The van der Waals surface area contributed by atoms with Crippen molar-refractivity contribution in [3.63, 3.8) is 0 Å². The maximum atomic E-state index is 13.4. The molecule has 0 spiro atoms. The summed E-state index contributed by atoms with van der Waals surface area (Å²) in [5.41, 5.74) is 1.11. The van der Waals surface area contributed by atoms with Crippen molar-refractivity contribution in [1.82, 2.24) is 9.13 Å². The number of hydrogen-bond donors (Lipinski definition) is 2. The van der Waals surface area contributed by atoms with Crippen molar-refractivity contribution in [3.8, 4) is 23.0 Å². The number of sulfone groups is 1. The van der Waals surface area contributed by atoms with Crippen LogP contribution in [0.25, 0.3) is 0 Å². The molecule has 0 saturated heterocycles. The first-order valence-corrected chi connectivity index (χ1v) is 17.8. The number of rotatable bonds is 12. The highest BCUT2D eigenvalue weighted by atomic mass is 32.2. The molecule has 4 aromatic carbocycles. The second kappa shape index (κ2) is 14.7. The molecule has 0 bridgehead atoms. The van der Waals surface area contributed by atoms with Crippen molar-refractivity contribution >= 4 is 33.0 Å². The number of amides is 2. The summed E-state index contributed by atoms with van der Waals surface area (Å²) >= 11 is 0. The summed E-state index contributed by atoms with van der Waals surface area (Å²) in [4.78, 5) is 26.1. The maximum absolute atomic E-state index is 13.4. The summed E-state index contributed by atoms with van der Waals surface area (Å²) in [5.74, 6) is 2.34. The van der Waals surface area contributed by atoms with E-state index in [1.165, 1.54) is 24.3 Å². The average Bonchev–Trinajstić information content (AvgIpc) is 3.70. The summed E-state index contributed by atoms with van der Waals surface area (Å²) in [5, 5.41) is 5.81. The van der Waals surface area contributed by atoms with E-state index in [1.807, 2.05) is 61.9 Å². The lowest BCUT2D eigenvalue weighted by molar-refractivity contribution is -0.672. The number of aryl methyl sites for hydroxylation is 4. The van der Waals surface area contributed by atoms with E-state index in [-0.39, 0.29) is 21.6 Å². The number of nitrogens with zero attached hydrogens (tertiary/aromatic N) is 4. The molecule has 2 N–H and O–H groups in total. The van der Waals surface area contributed by atoms with Crippen molar-refractivity contribution in [2.45, 2.75) is 36.7 Å². The van der Waals surface area contributed by atoms with Gasteiger partial charge in [-0.15, -0.1) is 0 Å². The van der Waals surface area contributed by atoms with Crippen LogP contribution in [0, 0.1) is 0 Å². The molecule has 260 valence electrons. The van der Waals surface area contributed by atoms with E-state index in [0.717, 1.165) is 0 Å². The summed E-state index contributed by atoms with van der Waals surface area (Å²) in [6.07, 6.45) is 7.35. The highest BCUT2D eigenvalue weighted by molar-refractivity contribution is 7.91. The smallest absolute Gasteiger partial charge is 0.348 e. The Kier molecular flexibility index (Phi) is 10.0. The van der Waals surface area contributed by atoms with E-state index in [0.29, 0.717) is 59.1 Å². The number of benzene rings is 4. The van der Waals surface area contributed by atoms with Gasteiger partial charge in [0.2, 0.25) is 9.84 Å². The SMILES string of the molecule is CCn1cc[n+](C)c1C(=O)Nc1cccc(Oc2ccc(S(=O)(=O)c3ccc(Oc4cccc(NC(=O)c5n(CC)cc[n+]5C)c4)cc3)cc2)c1. The number of imidazole rings is 2. The molecule has 6 aromatic rings. The van der Waals surface area contributed by atoms with Crippen molar-refractivity contribution < 1.29 is 36.6 Å². The zero-order valence-electron chi connectivity index (χ0n) is 28.6. The Hall–Kier alpha value is -6.21. The minimum absolute atomic E-state index is 0.0994. The molecule has 0 saturated carbocycles. The molecule has 0 unspecified atom stereocenters. The van der Waals surface area contributed by atoms with Crippen LogP contribution in [0.5, 0.6) is 23.0 Å². The van der Waals surface area contributed by atoms with Gasteiger partial charge in [0, 0.05) is 23.5 Å². The molecule has 6 rings (SSSR count). The van der Waals surface area contributed by atoms with Crippen molar-refractivity contribution in [2.75, 3.05) is 10.6 Å². The van der Waals surface area contributed by atoms with Crippen LogP contribution in [-0.2, 0) is 37.0 Å². The molecule has 0 fully saturated rings. The van der Waals surface area contributed by atoms with Crippen LogP contribution in [0.3, 0.4) is 0 Å². The minimum Gasteiger partial charge on any atom is -0.457 e. The lowest BCUT2D eigenvalue weighted by Crippen LogP contribution is -2.37. The van der Waals surface area contributed by atoms with E-state index < -0.39 is 9.84 Å². The fourth-order valence-corrected chi connectivity index (χ4v) is 6.83. The number of anilines is 2. The van der Waals surface area contributed by atoms with Gasteiger partial charge in [-0.3, -0.25) is 9.59 Å². The first-order chi connectivity index (χ1) is 24.5. The van der Waals surface area contributed by atoms with Gasteiger partial charge in [0.15, 0.2) is 0 Å². The summed E-state index contributed by atoms with van der Waals surface area (Å²) in [6, 6.07) is 26.2. The Labute approximate surface area is 296 Å². The van der Waals surface area contributed by atoms with E-state index in [1.54, 1.807) is 81.9 Å². The van der Waals surface area contributed by atoms with Crippen LogP contribution in [0.1, 0.15) is 35.1 Å². The predicted molar refractivity (Wildman–Crippen MR) is 190 cm³/mol. The minimum atomic E-state index is -3.83. The van der Waals surface area contributed by atoms with Gasteiger partial charge in [0.05, 0.1) is 37.0 Å². The molecule has 2 amide bonds. The Morgan fingerprint density at radius 2 is 1.00 bits per heavy atom. The molecule has 0 radical (unpaired) electrons. The molecule has 2 aromatic heterocycles. The monoisotopic (exact) mass is 706 g/mol. The second-order valence-electron chi connectivity index (χ2n) is 11.7. The van der Waals surface area contributed by atoms with Crippen LogP contribution in [0.2, 0.25) is 0 Å². The van der Waals surface area contributed by atoms with Crippen molar-refractivity contribution in [1.29, 1.82) is 0 Å². The third kappa shape index (κ3) is 7.68. The summed E-state index contributed by atoms with van der Waals surface area (Å²) in [7, 11) is -0.209. The number of carbonyl (C=O) groups excluding carboxylic acids is 2. The van der Waals surface area contributed by atoms with Crippen LogP contribution in [0.15, 0.2) is 132 Å². The molecular formula is C38H38N6O6S+2. The number of aromatic nitrogens is 4. The Morgan fingerprint density at radius 3 is 1.37 bits per heavy atom. The normalized spacial score (nSPS) is 11.2. The van der Waals surface area contributed by atoms with Gasteiger partial charge in [0.25, 0.3) is 0 Å². The second-order valence-corrected chi connectivity index (χ2v) is 13.6. The van der Waals surface area contributed by atoms with Crippen LogP contribution in [-0.4, -0.2) is 29.4 Å². The largest absolute Gasteiger partial charge is 0.457 e. The molecule has 0 aliphatic carbocycles. The van der Waals surface area contributed by atoms with Gasteiger partial charge >= 0.3 is 23.5 Å². The lowest BCUT2D eigenvalue weighted by atomic mass is 10.3. The highest BCUT2D eigenvalue weighted by Crippen LogP contribution is 2.30. The van der Waals surface area contributed by atoms with Crippen LogP contribution >= 0.6 is 0 Å². The third-order valence-electron chi connectivity index (χ3n) is 8.16. The van der Waals surface area contributed by atoms with Gasteiger partial charge in [0.1, 0.15) is 47.8 Å². The number of carbonyl (C=O) groups is 2. The molecular weight excluding hydrogens is 669 g/mol. The molecule has 0 aliphatic rings. The van der Waals surface area contributed by atoms with Gasteiger partial charge in [-0.1, -0.05) is 12.1 Å². The molecule has 0 aliphatic heterocycles. The molecule has 2 heterocycles. The zero-order chi connectivity index (χ0) is 36.1. The predicted octanol–water partition coefficient (Wildman–Crippen LogP) is 5.90. The highest BCUT2D eigenvalue weighted by Gasteiger charge is 2.24. The van der Waals surface area contributed by atoms with E-state index >= 15 is 0 Å². The number of nitrogens with one attached hydrogen (secondary N) is 2. The van der Waals surface area contributed by atoms with Gasteiger partial charge in [-0.25, -0.2) is 26.7 Å². The van der Waals surface area contributed by atoms with Gasteiger partial charge in [-0.2, -0.15) is 0 Å². The fourth-order valence-electron chi connectivity index (χ4n) is 5.57. The van der Waals surface area contributed by atoms with Crippen LogP contribution in [0.4, 0.5) is 11.4 Å². The fraction of sp³-hybridized carbons (Fsp3) is 0.158. The average molecular weight is 707 g/mol. The lowest BCUT2D eigenvalue weighted by Gasteiger charge is -2.11. The number of ether oxygens (including phenoxy) is 2. The third-order valence-corrected chi connectivity index (χ3v) is 9.95. The van der Waals surface area contributed by atoms with Gasteiger partial charge < -0.3 is 20.1 Å². The van der Waals surface area contributed by atoms with Gasteiger partial charge in [-0.05, 0) is 86.6 Å². The maximum Gasteiger partial charge on any atom is 0.348 e. The molecule has 0 atom stereocenters. The van der Waals surface area contributed by atoms with Crippen molar-refractivity contribution in [2.24, 2.45) is 14.1 Å². The first kappa shape index (κ1) is 34.6.